The van der Waals surface area contributed by atoms with Gasteiger partial charge >= 0.3 is 0 Å². The largest absolute Gasteiger partial charge is 0.328 e. The molecule has 0 aliphatic rings. The summed E-state index contributed by atoms with van der Waals surface area (Å²) in [5, 5.41) is 0. The van der Waals surface area contributed by atoms with E-state index in [0.29, 0.717) is 6.04 Å². The van der Waals surface area contributed by atoms with Crippen molar-refractivity contribution >= 4 is 0 Å². The summed E-state index contributed by atoms with van der Waals surface area (Å²) in [6.45, 7) is 6.68. The van der Waals surface area contributed by atoms with Crippen LogP contribution in [0.25, 0.3) is 0 Å². The summed E-state index contributed by atoms with van der Waals surface area (Å²) in [5.74, 6) is 0. The van der Waals surface area contributed by atoms with Gasteiger partial charge in [0, 0.05) is 6.04 Å². The van der Waals surface area contributed by atoms with Crippen molar-refractivity contribution in [2.24, 2.45) is 5.73 Å². The van der Waals surface area contributed by atoms with Crippen LogP contribution in [0, 0.1) is 0 Å². The molecule has 0 saturated carbocycles. The fourth-order valence-electron chi connectivity index (χ4n) is 1.18. The number of nitrogens with two attached hydrogens (primary N) is 1. The highest BCUT2D eigenvalue weighted by atomic mass is 15.1. The minimum atomic E-state index is 0.366. The molecule has 0 heterocycles. The second-order valence-electron chi connectivity index (χ2n) is 3.42. The zero-order chi connectivity index (χ0) is 8.69. The van der Waals surface area contributed by atoms with Gasteiger partial charge in [-0.1, -0.05) is 6.92 Å². The summed E-state index contributed by atoms with van der Waals surface area (Å²) < 4.78 is 0. The second kappa shape index (κ2) is 6.62. The van der Waals surface area contributed by atoms with E-state index in [1.807, 2.05) is 0 Å². The fourth-order valence-corrected chi connectivity index (χ4v) is 1.18. The number of nitrogens with zero attached hydrogens (tertiary/aromatic N) is 1. The van der Waals surface area contributed by atoms with Gasteiger partial charge in [0.05, 0.1) is 0 Å². The second-order valence-corrected chi connectivity index (χ2v) is 3.42. The van der Waals surface area contributed by atoms with Crippen molar-refractivity contribution in [1.29, 1.82) is 0 Å². The Hall–Kier alpha value is -0.0800. The molecule has 0 aromatic heterocycles. The Morgan fingerprint density at radius 1 is 1.36 bits per heavy atom. The van der Waals surface area contributed by atoms with Crippen LogP contribution in [0.4, 0.5) is 0 Å². The van der Waals surface area contributed by atoms with Crippen molar-refractivity contribution in [2.75, 3.05) is 20.1 Å². The Kier molecular flexibility index (Phi) is 6.57. The zero-order valence-electron chi connectivity index (χ0n) is 8.14. The first-order valence-corrected chi connectivity index (χ1v) is 4.61. The lowest BCUT2D eigenvalue weighted by Gasteiger charge is -2.15. The molecule has 68 valence electrons. The number of rotatable bonds is 6. The molecule has 0 spiro atoms. The van der Waals surface area contributed by atoms with E-state index in [1.54, 1.807) is 0 Å². The van der Waals surface area contributed by atoms with Crippen LogP contribution in [0.2, 0.25) is 0 Å². The lowest BCUT2D eigenvalue weighted by Crippen LogP contribution is -2.23. The van der Waals surface area contributed by atoms with Gasteiger partial charge in [0.1, 0.15) is 0 Å². The molecule has 0 radical (unpaired) electrons. The predicted octanol–water partition coefficient (Wildman–Crippen LogP) is 1.46. The SMILES string of the molecule is CCCN(C)CCCC(C)N. The molecule has 1 atom stereocenters. The van der Waals surface area contributed by atoms with E-state index in [1.165, 1.54) is 25.9 Å². The van der Waals surface area contributed by atoms with E-state index >= 15 is 0 Å². The molecule has 0 rings (SSSR count). The van der Waals surface area contributed by atoms with E-state index in [-0.39, 0.29) is 0 Å². The maximum Gasteiger partial charge on any atom is 0.00109 e. The minimum absolute atomic E-state index is 0.366. The molecule has 2 heteroatoms. The fraction of sp³-hybridized carbons (Fsp3) is 1.00. The van der Waals surface area contributed by atoms with Gasteiger partial charge in [-0.05, 0) is 46.3 Å². The standard InChI is InChI=1S/C9H22N2/c1-4-7-11(3)8-5-6-9(2)10/h9H,4-8,10H2,1-3H3. The van der Waals surface area contributed by atoms with E-state index in [2.05, 4.69) is 25.8 Å². The summed E-state index contributed by atoms with van der Waals surface area (Å²) in [4.78, 5) is 2.36. The van der Waals surface area contributed by atoms with Crippen LogP contribution in [-0.2, 0) is 0 Å². The smallest absolute Gasteiger partial charge is 0.00109 e. The first kappa shape index (κ1) is 10.9. The average molecular weight is 158 g/mol. The highest BCUT2D eigenvalue weighted by Gasteiger charge is 1.97. The van der Waals surface area contributed by atoms with E-state index in [4.69, 9.17) is 5.73 Å². The maximum absolute atomic E-state index is 5.63. The summed E-state index contributed by atoms with van der Waals surface area (Å²) >= 11 is 0. The van der Waals surface area contributed by atoms with Crippen LogP contribution in [0.5, 0.6) is 0 Å². The summed E-state index contributed by atoms with van der Waals surface area (Å²) in [7, 11) is 2.17. The van der Waals surface area contributed by atoms with Gasteiger partial charge in [-0.3, -0.25) is 0 Å². The highest BCUT2D eigenvalue weighted by molar-refractivity contribution is 4.56. The van der Waals surface area contributed by atoms with Crippen molar-refractivity contribution < 1.29 is 0 Å². The molecule has 2 N–H and O–H groups in total. The molecule has 0 aliphatic heterocycles. The lowest BCUT2D eigenvalue weighted by molar-refractivity contribution is 0.323. The van der Waals surface area contributed by atoms with Gasteiger partial charge < -0.3 is 10.6 Å². The molecule has 0 aromatic rings. The Balaban J connectivity index is 3.10. The maximum atomic E-state index is 5.63. The molecule has 11 heavy (non-hydrogen) atoms. The van der Waals surface area contributed by atoms with Crippen molar-refractivity contribution in [2.45, 2.75) is 39.2 Å². The van der Waals surface area contributed by atoms with Gasteiger partial charge in [0.25, 0.3) is 0 Å². The Morgan fingerprint density at radius 3 is 2.45 bits per heavy atom. The van der Waals surface area contributed by atoms with Crippen molar-refractivity contribution in [3.63, 3.8) is 0 Å². The monoisotopic (exact) mass is 158 g/mol. The lowest BCUT2D eigenvalue weighted by atomic mass is 10.2. The molecule has 0 saturated heterocycles. The van der Waals surface area contributed by atoms with Crippen LogP contribution in [0.1, 0.15) is 33.1 Å². The molecule has 0 aliphatic carbocycles. The predicted molar refractivity (Wildman–Crippen MR) is 50.7 cm³/mol. The molecular formula is C9H22N2. The molecule has 0 fully saturated rings. The van der Waals surface area contributed by atoms with Crippen LogP contribution in [0.15, 0.2) is 0 Å². The quantitative estimate of drug-likeness (QED) is 0.634. The van der Waals surface area contributed by atoms with Crippen LogP contribution in [0.3, 0.4) is 0 Å². The average Bonchev–Trinajstić information content (AvgIpc) is 1.87. The van der Waals surface area contributed by atoms with Crippen molar-refractivity contribution in [3.05, 3.63) is 0 Å². The summed E-state index contributed by atoms with van der Waals surface area (Å²) in [5.41, 5.74) is 5.63. The Labute approximate surface area is 70.8 Å². The van der Waals surface area contributed by atoms with Gasteiger partial charge in [0.15, 0.2) is 0 Å². The minimum Gasteiger partial charge on any atom is -0.328 e. The Bertz CT molecular complexity index is 81.6. The Morgan fingerprint density at radius 2 is 2.00 bits per heavy atom. The van der Waals surface area contributed by atoms with E-state index in [9.17, 15) is 0 Å². The molecule has 1 unspecified atom stereocenters. The van der Waals surface area contributed by atoms with E-state index < -0.39 is 0 Å². The zero-order valence-corrected chi connectivity index (χ0v) is 8.14. The molecule has 0 aromatic carbocycles. The summed E-state index contributed by atoms with van der Waals surface area (Å²) in [6.07, 6.45) is 3.62. The number of hydrogen-bond acceptors (Lipinski definition) is 2. The number of hydrogen-bond donors (Lipinski definition) is 1. The normalized spacial score (nSPS) is 13.9. The molecular weight excluding hydrogens is 136 g/mol. The van der Waals surface area contributed by atoms with Crippen LogP contribution >= 0.6 is 0 Å². The first-order chi connectivity index (χ1) is 5.16. The van der Waals surface area contributed by atoms with Crippen molar-refractivity contribution in [1.82, 2.24) is 4.90 Å². The third-order valence-corrected chi connectivity index (χ3v) is 1.80. The van der Waals surface area contributed by atoms with Crippen molar-refractivity contribution in [3.8, 4) is 0 Å². The summed E-state index contributed by atoms with van der Waals surface area (Å²) in [6, 6.07) is 0.366. The van der Waals surface area contributed by atoms with Crippen LogP contribution < -0.4 is 5.73 Å². The third-order valence-electron chi connectivity index (χ3n) is 1.80. The van der Waals surface area contributed by atoms with Gasteiger partial charge in [-0.15, -0.1) is 0 Å². The van der Waals surface area contributed by atoms with E-state index in [0.717, 1.165) is 6.42 Å². The highest BCUT2D eigenvalue weighted by Crippen LogP contribution is 1.96. The molecule has 2 nitrogen and oxygen atoms in total. The molecule has 0 bridgehead atoms. The molecule has 0 amide bonds. The third kappa shape index (κ3) is 7.82. The first-order valence-electron chi connectivity index (χ1n) is 4.61. The van der Waals surface area contributed by atoms with Gasteiger partial charge in [-0.2, -0.15) is 0 Å². The van der Waals surface area contributed by atoms with Gasteiger partial charge in [0.2, 0.25) is 0 Å². The topological polar surface area (TPSA) is 29.3 Å². The van der Waals surface area contributed by atoms with Crippen LogP contribution in [-0.4, -0.2) is 31.1 Å². The van der Waals surface area contributed by atoms with Gasteiger partial charge in [-0.25, -0.2) is 0 Å².